The quantitative estimate of drug-likeness (QED) is 0.889. The van der Waals surface area contributed by atoms with Crippen molar-refractivity contribution < 1.29 is 0 Å². The van der Waals surface area contributed by atoms with Gasteiger partial charge in [-0.2, -0.15) is 0 Å². The summed E-state index contributed by atoms with van der Waals surface area (Å²) in [5.74, 6) is 0. The van der Waals surface area contributed by atoms with Crippen molar-refractivity contribution in [1.29, 1.82) is 0 Å². The summed E-state index contributed by atoms with van der Waals surface area (Å²) in [6.45, 7) is 9.08. The smallest absolute Gasteiger partial charge is 0.0798 e. The summed E-state index contributed by atoms with van der Waals surface area (Å²) in [5, 5.41) is 3.48. The van der Waals surface area contributed by atoms with Crippen LogP contribution >= 0.6 is 11.3 Å². The molecule has 1 aromatic heterocycles. The van der Waals surface area contributed by atoms with E-state index in [0.717, 1.165) is 6.54 Å². The van der Waals surface area contributed by atoms with Crippen LogP contribution in [0.2, 0.25) is 0 Å². The normalized spacial score (nSPS) is 19.3. The van der Waals surface area contributed by atoms with Gasteiger partial charge in [0.15, 0.2) is 0 Å². The molecule has 4 heteroatoms. The van der Waals surface area contributed by atoms with Gasteiger partial charge in [0.05, 0.1) is 11.2 Å². The van der Waals surface area contributed by atoms with E-state index in [1.807, 2.05) is 5.51 Å². The Kier molecular flexibility index (Phi) is 4.76. The number of aromatic nitrogens is 1. The van der Waals surface area contributed by atoms with E-state index >= 15 is 0 Å². The molecule has 0 aliphatic carbocycles. The zero-order valence-electron chi connectivity index (χ0n) is 11.8. The molecule has 0 aromatic carbocycles. The van der Waals surface area contributed by atoms with Gasteiger partial charge in [-0.25, -0.2) is 4.98 Å². The first-order chi connectivity index (χ1) is 8.65. The van der Waals surface area contributed by atoms with Crippen molar-refractivity contribution >= 4 is 11.3 Å². The van der Waals surface area contributed by atoms with E-state index in [1.54, 1.807) is 11.3 Å². The highest BCUT2D eigenvalue weighted by molar-refractivity contribution is 7.09. The van der Waals surface area contributed by atoms with Gasteiger partial charge in [0.2, 0.25) is 0 Å². The minimum atomic E-state index is 0.526. The van der Waals surface area contributed by atoms with Gasteiger partial charge in [-0.05, 0) is 51.7 Å². The second kappa shape index (κ2) is 6.13. The Morgan fingerprint density at radius 2 is 2.17 bits per heavy atom. The number of rotatable bonds is 5. The van der Waals surface area contributed by atoms with Crippen LogP contribution in [0.1, 0.15) is 36.8 Å². The van der Waals surface area contributed by atoms with Crippen molar-refractivity contribution in [2.75, 3.05) is 26.7 Å². The Morgan fingerprint density at radius 3 is 2.72 bits per heavy atom. The van der Waals surface area contributed by atoms with Gasteiger partial charge in [0, 0.05) is 18.0 Å². The van der Waals surface area contributed by atoms with Crippen LogP contribution in [0.4, 0.5) is 0 Å². The topological polar surface area (TPSA) is 28.2 Å². The van der Waals surface area contributed by atoms with Gasteiger partial charge in [0.1, 0.15) is 0 Å². The summed E-state index contributed by atoms with van der Waals surface area (Å²) in [6.07, 6.45) is 3.92. The number of nitrogens with one attached hydrogen (secondary N) is 1. The van der Waals surface area contributed by atoms with Crippen LogP contribution in [0.5, 0.6) is 0 Å². The van der Waals surface area contributed by atoms with E-state index in [1.165, 1.54) is 49.5 Å². The van der Waals surface area contributed by atoms with Gasteiger partial charge in [-0.15, -0.1) is 11.3 Å². The highest BCUT2D eigenvalue weighted by atomic mass is 32.1. The molecule has 1 aromatic rings. The fourth-order valence-electron chi connectivity index (χ4n) is 2.93. The van der Waals surface area contributed by atoms with Crippen molar-refractivity contribution in [3.63, 3.8) is 0 Å². The van der Waals surface area contributed by atoms with Crippen molar-refractivity contribution in [1.82, 2.24) is 15.2 Å². The standard InChI is InChI=1S/C14H25N3S/c1-4-14(5-7-15-8-6-14)10-17(3)9-13-12(2)16-11-18-13/h11,15H,4-10H2,1-3H3. The van der Waals surface area contributed by atoms with Crippen LogP contribution in [0.15, 0.2) is 5.51 Å². The molecule has 102 valence electrons. The summed E-state index contributed by atoms with van der Waals surface area (Å²) < 4.78 is 0. The lowest BCUT2D eigenvalue weighted by atomic mass is 9.76. The monoisotopic (exact) mass is 267 g/mol. The molecule has 0 spiro atoms. The van der Waals surface area contributed by atoms with Gasteiger partial charge >= 0.3 is 0 Å². The molecule has 2 rings (SSSR count). The highest BCUT2D eigenvalue weighted by Gasteiger charge is 2.31. The lowest BCUT2D eigenvalue weighted by molar-refractivity contribution is 0.119. The molecular weight excluding hydrogens is 242 g/mol. The molecule has 0 amide bonds. The second-order valence-electron chi connectivity index (χ2n) is 5.64. The molecular formula is C14H25N3S. The largest absolute Gasteiger partial charge is 0.317 e. The molecule has 1 aliphatic rings. The summed E-state index contributed by atoms with van der Waals surface area (Å²) in [7, 11) is 2.25. The van der Waals surface area contributed by atoms with Gasteiger partial charge < -0.3 is 10.2 Å². The number of thiazole rings is 1. The average molecular weight is 267 g/mol. The maximum atomic E-state index is 4.34. The predicted octanol–water partition coefficient (Wildman–Crippen LogP) is 2.66. The fraction of sp³-hybridized carbons (Fsp3) is 0.786. The number of piperidine rings is 1. The Balaban J connectivity index is 1.93. The van der Waals surface area contributed by atoms with Crippen LogP contribution < -0.4 is 5.32 Å². The highest BCUT2D eigenvalue weighted by Crippen LogP contribution is 2.33. The maximum Gasteiger partial charge on any atom is 0.0798 e. The first-order valence-corrected chi connectivity index (χ1v) is 7.81. The molecule has 1 N–H and O–H groups in total. The molecule has 0 bridgehead atoms. The summed E-state index contributed by atoms with van der Waals surface area (Å²) >= 11 is 1.78. The second-order valence-corrected chi connectivity index (χ2v) is 6.58. The van der Waals surface area contributed by atoms with Gasteiger partial charge in [-0.1, -0.05) is 6.92 Å². The third-order valence-corrected chi connectivity index (χ3v) is 5.20. The molecule has 2 heterocycles. The van der Waals surface area contributed by atoms with Crippen LogP contribution in [-0.2, 0) is 6.54 Å². The van der Waals surface area contributed by atoms with Gasteiger partial charge in [-0.3, -0.25) is 0 Å². The first-order valence-electron chi connectivity index (χ1n) is 6.93. The number of hydrogen-bond donors (Lipinski definition) is 1. The van der Waals surface area contributed by atoms with E-state index in [-0.39, 0.29) is 0 Å². The molecule has 0 unspecified atom stereocenters. The fourth-order valence-corrected chi connectivity index (χ4v) is 3.79. The third kappa shape index (κ3) is 3.31. The maximum absolute atomic E-state index is 4.34. The lowest BCUT2D eigenvalue weighted by Crippen LogP contribution is -2.43. The van der Waals surface area contributed by atoms with Gasteiger partial charge in [0.25, 0.3) is 0 Å². The van der Waals surface area contributed by atoms with E-state index in [9.17, 15) is 0 Å². The van der Waals surface area contributed by atoms with Crippen LogP contribution in [0, 0.1) is 12.3 Å². The molecule has 0 saturated carbocycles. The van der Waals surface area contributed by atoms with E-state index in [4.69, 9.17) is 0 Å². The third-order valence-electron chi connectivity index (χ3n) is 4.28. The Hall–Kier alpha value is -0.450. The Labute approximate surface area is 115 Å². The minimum absolute atomic E-state index is 0.526. The zero-order valence-corrected chi connectivity index (χ0v) is 12.6. The zero-order chi connectivity index (χ0) is 13.0. The Morgan fingerprint density at radius 1 is 1.44 bits per heavy atom. The van der Waals surface area contributed by atoms with E-state index < -0.39 is 0 Å². The number of nitrogens with zero attached hydrogens (tertiary/aromatic N) is 2. The molecule has 1 aliphatic heterocycles. The summed E-state index contributed by atoms with van der Waals surface area (Å²) in [6, 6.07) is 0. The first kappa shape index (κ1) is 14.0. The van der Waals surface area contributed by atoms with Crippen molar-refractivity contribution in [2.45, 2.75) is 39.7 Å². The predicted molar refractivity (Wildman–Crippen MR) is 78.0 cm³/mol. The number of hydrogen-bond acceptors (Lipinski definition) is 4. The van der Waals surface area contributed by atoms with Crippen LogP contribution in [-0.4, -0.2) is 36.6 Å². The van der Waals surface area contributed by atoms with Crippen LogP contribution in [0.3, 0.4) is 0 Å². The average Bonchev–Trinajstić information content (AvgIpc) is 2.76. The van der Waals surface area contributed by atoms with Crippen LogP contribution in [0.25, 0.3) is 0 Å². The summed E-state index contributed by atoms with van der Waals surface area (Å²) in [4.78, 5) is 8.23. The van der Waals surface area contributed by atoms with Crippen molar-refractivity contribution in [3.8, 4) is 0 Å². The number of aryl methyl sites for hydroxylation is 1. The molecule has 3 nitrogen and oxygen atoms in total. The SMILES string of the molecule is CCC1(CN(C)Cc2scnc2C)CCNCC1. The lowest BCUT2D eigenvalue weighted by Gasteiger charge is -2.39. The molecule has 0 atom stereocenters. The van der Waals surface area contributed by atoms with E-state index in [2.05, 4.69) is 36.1 Å². The molecule has 1 fully saturated rings. The molecule has 0 radical (unpaired) electrons. The van der Waals surface area contributed by atoms with E-state index in [0.29, 0.717) is 5.41 Å². The molecule has 18 heavy (non-hydrogen) atoms. The minimum Gasteiger partial charge on any atom is -0.317 e. The molecule has 1 saturated heterocycles. The summed E-state index contributed by atoms with van der Waals surface area (Å²) in [5.41, 5.74) is 3.68. The van der Waals surface area contributed by atoms with Crippen molar-refractivity contribution in [3.05, 3.63) is 16.1 Å². The van der Waals surface area contributed by atoms with Crippen molar-refractivity contribution in [2.24, 2.45) is 5.41 Å². The Bertz CT molecular complexity index is 369.